The minimum atomic E-state index is 0.334. The van der Waals surface area contributed by atoms with Crippen LogP contribution in [0.3, 0.4) is 0 Å². The van der Waals surface area contributed by atoms with Crippen LogP contribution in [-0.4, -0.2) is 40.5 Å². The molecule has 1 N–H and O–H groups in total. The number of amides is 1. The van der Waals surface area contributed by atoms with Gasteiger partial charge in [0.2, 0.25) is 5.91 Å². The average Bonchev–Trinajstić information content (AvgIpc) is 3.17. The number of hydrogen-bond donors (Lipinski definition) is 1. The van der Waals surface area contributed by atoms with Crippen molar-refractivity contribution >= 4 is 16.8 Å². The molecule has 0 aliphatic carbocycles. The Morgan fingerprint density at radius 2 is 2.00 bits per heavy atom. The van der Waals surface area contributed by atoms with Gasteiger partial charge in [-0.25, -0.2) is 0 Å². The van der Waals surface area contributed by atoms with E-state index in [1.54, 1.807) is 0 Å². The van der Waals surface area contributed by atoms with Crippen molar-refractivity contribution in [3.8, 4) is 0 Å². The third-order valence-electron chi connectivity index (χ3n) is 6.54. The summed E-state index contributed by atoms with van der Waals surface area (Å²) in [5.41, 5.74) is 3.87. The van der Waals surface area contributed by atoms with E-state index >= 15 is 0 Å². The van der Waals surface area contributed by atoms with Crippen LogP contribution in [0.4, 0.5) is 0 Å². The van der Waals surface area contributed by atoms with Crippen molar-refractivity contribution in [1.82, 2.24) is 14.8 Å². The van der Waals surface area contributed by atoms with E-state index in [2.05, 4.69) is 52.9 Å². The summed E-state index contributed by atoms with van der Waals surface area (Å²) in [6.07, 6.45) is 6.62. The van der Waals surface area contributed by atoms with Crippen LogP contribution in [0.25, 0.3) is 10.9 Å². The molecule has 2 atom stereocenters. The third kappa shape index (κ3) is 3.16. The summed E-state index contributed by atoms with van der Waals surface area (Å²) >= 11 is 0. The molecule has 2 saturated heterocycles. The Bertz CT molecular complexity index is 794. The Morgan fingerprint density at radius 1 is 1.15 bits per heavy atom. The lowest BCUT2D eigenvalue weighted by atomic mass is 9.97. The highest BCUT2D eigenvalue weighted by atomic mass is 16.2. The zero-order valence-electron chi connectivity index (χ0n) is 16.1. The predicted molar refractivity (Wildman–Crippen MR) is 106 cm³/mol. The number of nitrogens with zero attached hydrogens (tertiary/aromatic N) is 2. The standard InChI is InChI=1S/C22H31N3O/c1-16-17(2)24(20-10-6-5-8-18(16)20)15-12-22(26)25-14-7-3-4-9-19-21(25)11-13-23-19/h5-6,8,10,19,21,23H,3-4,7,9,11-15H2,1-2H3/t19-,21+/m0/s1. The molecule has 4 heteroatoms. The van der Waals surface area contributed by atoms with Crippen molar-refractivity contribution in [2.45, 2.75) is 71.0 Å². The molecule has 2 aliphatic heterocycles. The molecule has 0 saturated carbocycles. The van der Waals surface area contributed by atoms with Crippen LogP contribution in [0.2, 0.25) is 0 Å². The van der Waals surface area contributed by atoms with Gasteiger partial charge in [-0.15, -0.1) is 0 Å². The number of hydrogen-bond acceptors (Lipinski definition) is 2. The van der Waals surface area contributed by atoms with E-state index in [9.17, 15) is 4.79 Å². The van der Waals surface area contributed by atoms with Gasteiger partial charge in [0.25, 0.3) is 0 Å². The monoisotopic (exact) mass is 353 g/mol. The molecule has 4 nitrogen and oxygen atoms in total. The zero-order valence-corrected chi connectivity index (χ0v) is 16.1. The van der Waals surface area contributed by atoms with E-state index in [0.717, 1.165) is 32.5 Å². The zero-order chi connectivity index (χ0) is 18.1. The topological polar surface area (TPSA) is 37.3 Å². The summed E-state index contributed by atoms with van der Waals surface area (Å²) < 4.78 is 2.33. The number of carbonyl (C=O) groups is 1. The molecule has 2 aromatic rings. The lowest BCUT2D eigenvalue weighted by Gasteiger charge is -2.35. The van der Waals surface area contributed by atoms with Gasteiger partial charge in [0, 0.05) is 48.2 Å². The van der Waals surface area contributed by atoms with Crippen LogP contribution in [0.5, 0.6) is 0 Å². The number of likely N-dealkylation sites (tertiary alicyclic amines) is 1. The average molecular weight is 354 g/mol. The number of rotatable bonds is 3. The van der Waals surface area contributed by atoms with Crippen LogP contribution in [0.1, 0.15) is 49.8 Å². The summed E-state index contributed by atoms with van der Waals surface area (Å²) in [4.78, 5) is 15.3. The molecule has 3 heterocycles. The SMILES string of the molecule is Cc1c(C)n(CCC(=O)N2CCCCC[C@@H]3NCC[C@H]32)c2ccccc12. The van der Waals surface area contributed by atoms with Gasteiger partial charge in [-0.1, -0.05) is 31.0 Å². The summed E-state index contributed by atoms with van der Waals surface area (Å²) in [5.74, 6) is 0.334. The van der Waals surface area contributed by atoms with Crippen molar-refractivity contribution in [3.05, 3.63) is 35.5 Å². The van der Waals surface area contributed by atoms with Crippen LogP contribution in [0, 0.1) is 13.8 Å². The number of benzene rings is 1. The van der Waals surface area contributed by atoms with Crippen LogP contribution >= 0.6 is 0 Å². The van der Waals surface area contributed by atoms with Crippen molar-refractivity contribution in [2.75, 3.05) is 13.1 Å². The Kier molecular flexibility index (Phi) is 5.03. The first-order valence-electron chi connectivity index (χ1n) is 10.2. The second-order valence-corrected chi connectivity index (χ2v) is 7.98. The largest absolute Gasteiger partial charge is 0.344 e. The van der Waals surface area contributed by atoms with E-state index < -0.39 is 0 Å². The van der Waals surface area contributed by atoms with Gasteiger partial charge in [-0.05, 0) is 51.3 Å². The molecule has 0 spiro atoms. The second kappa shape index (κ2) is 7.43. The Labute approximate surface area is 156 Å². The number of fused-ring (bicyclic) bond motifs is 2. The van der Waals surface area contributed by atoms with Gasteiger partial charge < -0.3 is 14.8 Å². The first-order valence-corrected chi connectivity index (χ1v) is 10.2. The molecule has 2 fully saturated rings. The van der Waals surface area contributed by atoms with Gasteiger partial charge in [0.15, 0.2) is 0 Å². The van der Waals surface area contributed by atoms with E-state index in [1.165, 1.54) is 41.4 Å². The number of aromatic nitrogens is 1. The Balaban J connectivity index is 1.51. The maximum absolute atomic E-state index is 13.1. The molecule has 2 aliphatic rings. The highest BCUT2D eigenvalue weighted by molar-refractivity contribution is 5.85. The van der Waals surface area contributed by atoms with Crippen molar-refractivity contribution < 1.29 is 4.79 Å². The minimum absolute atomic E-state index is 0.334. The number of carbonyl (C=O) groups excluding carboxylic acids is 1. The summed E-state index contributed by atoms with van der Waals surface area (Å²) in [6, 6.07) is 9.46. The quantitative estimate of drug-likeness (QED) is 0.912. The fourth-order valence-electron chi connectivity index (χ4n) is 4.96. The minimum Gasteiger partial charge on any atom is -0.344 e. The summed E-state index contributed by atoms with van der Waals surface area (Å²) in [7, 11) is 0. The van der Waals surface area contributed by atoms with E-state index in [0.29, 0.717) is 24.4 Å². The molecule has 140 valence electrons. The molecule has 1 aromatic heterocycles. The van der Waals surface area contributed by atoms with Crippen molar-refractivity contribution in [3.63, 3.8) is 0 Å². The van der Waals surface area contributed by atoms with Crippen LogP contribution < -0.4 is 5.32 Å². The molecular formula is C22H31N3O. The fourth-order valence-corrected chi connectivity index (χ4v) is 4.96. The van der Waals surface area contributed by atoms with Gasteiger partial charge in [0.05, 0.1) is 0 Å². The predicted octanol–water partition coefficient (Wildman–Crippen LogP) is 3.78. The third-order valence-corrected chi connectivity index (χ3v) is 6.54. The lowest BCUT2D eigenvalue weighted by Crippen LogP contribution is -2.48. The highest BCUT2D eigenvalue weighted by Gasteiger charge is 2.34. The number of aryl methyl sites for hydroxylation is 2. The van der Waals surface area contributed by atoms with Gasteiger partial charge in [-0.3, -0.25) is 4.79 Å². The smallest absolute Gasteiger partial charge is 0.224 e. The molecule has 1 amide bonds. The highest BCUT2D eigenvalue weighted by Crippen LogP contribution is 2.27. The Hall–Kier alpha value is -1.81. The molecule has 1 aromatic carbocycles. The summed E-state index contributed by atoms with van der Waals surface area (Å²) in [6.45, 7) is 7.13. The molecule has 4 rings (SSSR count). The number of para-hydroxylation sites is 1. The van der Waals surface area contributed by atoms with E-state index in [-0.39, 0.29) is 0 Å². The Morgan fingerprint density at radius 3 is 2.88 bits per heavy atom. The molecular weight excluding hydrogens is 322 g/mol. The van der Waals surface area contributed by atoms with Gasteiger partial charge in [0.1, 0.15) is 0 Å². The second-order valence-electron chi connectivity index (χ2n) is 7.98. The molecule has 0 unspecified atom stereocenters. The van der Waals surface area contributed by atoms with Crippen LogP contribution in [-0.2, 0) is 11.3 Å². The normalized spacial score (nSPS) is 23.7. The first kappa shape index (κ1) is 17.6. The van der Waals surface area contributed by atoms with E-state index in [1.807, 2.05) is 0 Å². The van der Waals surface area contributed by atoms with E-state index in [4.69, 9.17) is 0 Å². The van der Waals surface area contributed by atoms with Crippen molar-refractivity contribution in [2.24, 2.45) is 0 Å². The lowest BCUT2D eigenvalue weighted by molar-refractivity contribution is -0.134. The van der Waals surface area contributed by atoms with Crippen molar-refractivity contribution in [1.29, 1.82) is 0 Å². The van der Waals surface area contributed by atoms with Gasteiger partial charge in [-0.2, -0.15) is 0 Å². The molecule has 26 heavy (non-hydrogen) atoms. The molecule has 0 bridgehead atoms. The van der Waals surface area contributed by atoms with Gasteiger partial charge >= 0.3 is 0 Å². The first-order chi connectivity index (χ1) is 12.7. The molecule has 0 radical (unpaired) electrons. The van der Waals surface area contributed by atoms with Crippen LogP contribution in [0.15, 0.2) is 24.3 Å². The fraction of sp³-hybridized carbons (Fsp3) is 0.591. The number of nitrogens with one attached hydrogen (secondary N) is 1. The maximum Gasteiger partial charge on any atom is 0.224 e. The summed E-state index contributed by atoms with van der Waals surface area (Å²) in [5, 5.41) is 4.93. The maximum atomic E-state index is 13.1.